The van der Waals surface area contributed by atoms with Gasteiger partial charge in [0.2, 0.25) is 0 Å². The minimum atomic E-state index is -4.33. The lowest BCUT2D eigenvalue weighted by Crippen LogP contribution is -2.32. The minimum Gasteiger partial charge on any atom is -0.372 e. The molecule has 1 fully saturated rings. The number of halogens is 3. The summed E-state index contributed by atoms with van der Waals surface area (Å²) in [5.74, 6) is 0. The Morgan fingerprint density at radius 1 is 1.30 bits per heavy atom. The molecule has 1 saturated heterocycles. The number of aromatic nitrogens is 2. The molecule has 27 heavy (non-hydrogen) atoms. The molecule has 3 nitrogen and oxygen atoms in total. The quantitative estimate of drug-likeness (QED) is 0.601. The number of thiol groups is 1. The topological polar surface area (TPSA) is 37.9 Å². The van der Waals surface area contributed by atoms with Gasteiger partial charge in [-0.15, -0.1) is 11.8 Å². The molecule has 1 aromatic carbocycles. The van der Waals surface area contributed by atoms with E-state index >= 15 is 0 Å². The van der Waals surface area contributed by atoms with Crippen LogP contribution in [0.5, 0.6) is 0 Å². The molecule has 148 valence electrons. The zero-order valence-electron chi connectivity index (χ0n) is 15.4. The lowest BCUT2D eigenvalue weighted by molar-refractivity contribution is -0.137. The van der Waals surface area contributed by atoms with E-state index < -0.39 is 11.7 Å². The molecule has 0 spiro atoms. The molecule has 0 radical (unpaired) electrons. The predicted octanol–water partition coefficient (Wildman–Crippen LogP) is 6.00. The van der Waals surface area contributed by atoms with E-state index in [1.54, 1.807) is 6.07 Å². The maximum absolute atomic E-state index is 13.0. The van der Waals surface area contributed by atoms with Crippen LogP contribution in [0.15, 0.2) is 35.2 Å². The van der Waals surface area contributed by atoms with E-state index in [4.69, 9.17) is 4.74 Å². The number of hydrogen-bond acceptors (Lipinski definition) is 4. The number of hydrogen-bond donors (Lipinski definition) is 2. The SMILES string of the molecule is CC1(Sc2cccc(C(F)(F)F)c2)CCOC(c2cc(C(C)(C)S)n[nH]2)C1. The van der Waals surface area contributed by atoms with Gasteiger partial charge in [-0.05, 0) is 57.9 Å². The highest BCUT2D eigenvalue weighted by molar-refractivity contribution is 8.00. The number of nitrogens with one attached hydrogen (secondary N) is 1. The van der Waals surface area contributed by atoms with E-state index in [2.05, 4.69) is 29.7 Å². The van der Waals surface area contributed by atoms with Crippen molar-refractivity contribution in [1.29, 1.82) is 0 Å². The number of aromatic amines is 1. The van der Waals surface area contributed by atoms with Gasteiger partial charge >= 0.3 is 6.18 Å². The van der Waals surface area contributed by atoms with Gasteiger partial charge < -0.3 is 4.74 Å². The summed E-state index contributed by atoms with van der Waals surface area (Å²) in [5.41, 5.74) is 1.10. The predicted molar refractivity (Wildman–Crippen MR) is 104 cm³/mol. The summed E-state index contributed by atoms with van der Waals surface area (Å²) in [6, 6.07) is 7.47. The standard InChI is InChI=1S/C19H23F3N2OS2/c1-17(2,26)16-10-14(23-24-16)15-11-18(3,7-8-25-15)27-13-6-4-5-12(9-13)19(20,21)22/h4-6,9-10,15,26H,7-8,11H2,1-3H3,(H,23,24). The van der Waals surface area contributed by atoms with E-state index in [1.807, 2.05) is 19.9 Å². The van der Waals surface area contributed by atoms with Crippen LogP contribution in [-0.2, 0) is 15.7 Å². The fraction of sp³-hybridized carbons (Fsp3) is 0.526. The molecular formula is C19H23F3N2OS2. The summed E-state index contributed by atoms with van der Waals surface area (Å²) in [6.07, 6.45) is -3.05. The third-order valence-corrected chi connectivity index (χ3v) is 6.25. The van der Waals surface area contributed by atoms with E-state index in [1.165, 1.54) is 23.9 Å². The summed E-state index contributed by atoms with van der Waals surface area (Å²) in [5, 5.41) is 7.35. The minimum absolute atomic E-state index is 0.168. The van der Waals surface area contributed by atoms with Crippen molar-refractivity contribution >= 4 is 24.4 Å². The largest absolute Gasteiger partial charge is 0.416 e. The normalized spacial score (nSPS) is 24.2. The molecule has 2 unspecified atom stereocenters. The van der Waals surface area contributed by atoms with Gasteiger partial charge in [-0.1, -0.05) is 6.07 Å². The second kappa shape index (κ2) is 7.37. The van der Waals surface area contributed by atoms with E-state index in [-0.39, 0.29) is 15.6 Å². The van der Waals surface area contributed by atoms with Crippen LogP contribution >= 0.6 is 24.4 Å². The highest BCUT2D eigenvalue weighted by atomic mass is 32.2. The van der Waals surface area contributed by atoms with Gasteiger partial charge in [0.15, 0.2) is 0 Å². The van der Waals surface area contributed by atoms with Gasteiger partial charge in [0.25, 0.3) is 0 Å². The van der Waals surface area contributed by atoms with E-state index in [9.17, 15) is 13.2 Å². The number of ether oxygens (including phenoxy) is 1. The first-order valence-electron chi connectivity index (χ1n) is 8.72. The second-order valence-corrected chi connectivity index (χ2v) is 10.4. The second-order valence-electron chi connectivity index (χ2n) is 7.66. The molecule has 2 aromatic rings. The summed E-state index contributed by atoms with van der Waals surface area (Å²) in [7, 11) is 0. The molecule has 1 N–H and O–H groups in total. The van der Waals surface area contributed by atoms with Crippen LogP contribution in [0.25, 0.3) is 0 Å². The first-order valence-corrected chi connectivity index (χ1v) is 9.99. The molecule has 2 atom stereocenters. The van der Waals surface area contributed by atoms with Crippen molar-refractivity contribution in [2.75, 3.05) is 6.61 Å². The zero-order valence-corrected chi connectivity index (χ0v) is 17.1. The van der Waals surface area contributed by atoms with Crippen molar-refractivity contribution in [3.8, 4) is 0 Å². The van der Waals surface area contributed by atoms with Crippen LogP contribution < -0.4 is 0 Å². The highest BCUT2D eigenvalue weighted by Crippen LogP contribution is 2.46. The van der Waals surface area contributed by atoms with E-state index in [0.29, 0.717) is 17.9 Å². The summed E-state index contributed by atoms with van der Waals surface area (Å²) >= 11 is 6.01. The Balaban J connectivity index is 1.76. The first kappa shape index (κ1) is 20.6. The van der Waals surface area contributed by atoms with E-state index in [0.717, 1.165) is 23.9 Å². The number of thioether (sulfide) groups is 1. The summed E-state index contributed by atoms with van der Waals surface area (Å²) in [4.78, 5) is 0.620. The Kier molecular flexibility index (Phi) is 5.62. The maximum Gasteiger partial charge on any atom is 0.416 e. The first-order chi connectivity index (χ1) is 12.5. The number of alkyl halides is 3. The van der Waals surface area contributed by atoms with Gasteiger partial charge in [-0.25, -0.2) is 0 Å². The number of H-pyrrole nitrogens is 1. The Morgan fingerprint density at radius 3 is 2.67 bits per heavy atom. The average Bonchev–Trinajstić information content (AvgIpc) is 3.04. The smallest absolute Gasteiger partial charge is 0.372 e. The molecular weight excluding hydrogens is 393 g/mol. The molecule has 0 bridgehead atoms. The third-order valence-electron chi connectivity index (χ3n) is 4.66. The zero-order chi connectivity index (χ0) is 19.9. The van der Waals surface area contributed by atoms with Gasteiger partial charge in [-0.2, -0.15) is 30.9 Å². The Bertz CT molecular complexity index is 801. The number of benzene rings is 1. The van der Waals surface area contributed by atoms with Crippen LogP contribution in [-0.4, -0.2) is 21.6 Å². The van der Waals surface area contributed by atoms with Gasteiger partial charge in [0, 0.05) is 16.2 Å². The van der Waals surface area contributed by atoms with Crippen molar-refractivity contribution in [3.05, 3.63) is 47.3 Å². The van der Waals surface area contributed by atoms with Crippen molar-refractivity contribution in [3.63, 3.8) is 0 Å². The fourth-order valence-corrected chi connectivity index (χ4v) is 4.53. The molecule has 8 heteroatoms. The van der Waals surface area contributed by atoms with Crippen LogP contribution in [0.3, 0.4) is 0 Å². The van der Waals surface area contributed by atoms with Gasteiger partial charge in [-0.3, -0.25) is 5.10 Å². The molecule has 1 aliphatic heterocycles. The molecule has 2 heterocycles. The van der Waals surface area contributed by atoms with Crippen molar-refractivity contribution in [1.82, 2.24) is 10.2 Å². The molecule has 1 aromatic heterocycles. The maximum atomic E-state index is 13.0. The highest BCUT2D eigenvalue weighted by Gasteiger charge is 2.37. The Hall–Kier alpha value is -1.12. The number of nitrogens with zero attached hydrogens (tertiary/aromatic N) is 1. The Labute approximate surface area is 166 Å². The molecule has 0 saturated carbocycles. The van der Waals surface area contributed by atoms with Crippen LogP contribution in [0, 0.1) is 0 Å². The molecule has 0 amide bonds. The lowest BCUT2D eigenvalue weighted by Gasteiger charge is -2.37. The van der Waals surface area contributed by atoms with Crippen molar-refractivity contribution in [2.24, 2.45) is 0 Å². The fourth-order valence-electron chi connectivity index (χ4n) is 3.10. The van der Waals surface area contributed by atoms with Crippen LogP contribution in [0.1, 0.15) is 56.7 Å². The summed E-state index contributed by atoms with van der Waals surface area (Å²) in [6.45, 7) is 6.55. The average molecular weight is 417 g/mol. The molecule has 0 aliphatic carbocycles. The number of rotatable bonds is 4. The van der Waals surface area contributed by atoms with Gasteiger partial charge in [0.05, 0.1) is 21.7 Å². The lowest BCUT2D eigenvalue weighted by atomic mass is 9.94. The van der Waals surface area contributed by atoms with Crippen molar-refractivity contribution < 1.29 is 17.9 Å². The molecule has 1 aliphatic rings. The van der Waals surface area contributed by atoms with Crippen LogP contribution in [0.2, 0.25) is 0 Å². The van der Waals surface area contributed by atoms with Crippen LogP contribution in [0.4, 0.5) is 13.2 Å². The summed E-state index contributed by atoms with van der Waals surface area (Å²) < 4.78 is 44.3. The van der Waals surface area contributed by atoms with Crippen molar-refractivity contribution in [2.45, 2.75) is 60.3 Å². The van der Waals surface area contributed by atoms with Gasteiger partial charge in [0.1, 0.15) is 6.10 Å². The molecule has 3 rings (SSSR count). The monoisotopic (exact) mass is 416 g/mol. The Morgan fingerprint density at radius 2 is 2.04 bits per heavy atom. The third kappa shape index (κ3) is 5.03.